The fourth-order valence-electron chi connectivity index (χ4n) is 1.12. The lowest BCUT2D eigenvalue weighted by atomic mass is 10.2. The van der Waals surface area contributed by atoms with E-state index in [0.717, 1.165) is 5.56 Å². The van der Waals surface area contributed by atoms with Crippen molar-refractivity contribution in [3.05, 3.63) is 35.9 Å². The minimum absolute atomic E-state index is 0.269. The molecule has 79 valence electrons. The summed E-state index contributed by atoms with van der Waals surface area (Å²) in [5, 5.41) is 0. The largest absolute Gasteiger partial charge is 0.461 e. The summed E-state index contributed by atoms with van der Waals surface area (Å²) >= 11 is 0. The lowest BCUT2D eigenvalue weighted by Crippen LogP contribution is -2.04. The smallest absolute Gasteiger partial charge is 0.306 e. The van der Waals surface area contributed by atoms with Gasteiger partial charge in [0, 0.05) is 12.8 Å². The Hall–Kier alpha value is -1.64. The number of esters is 1. The van der Waals surface area contributed by atoms with Gasteiger partial charge in [0.1, 0.15) is 6.61 Å². The molecule has 0 atom stereocenters. The first kappa shape index (κ1) is 11.4. The van der Waals surface area contributed by atoms with E-state index in [0.29, 0.717) is 19.4 Å². The summed E-state index contributed by atoms with van der Waals surface area (Å²) in [6.07, 6.45) is 2.82. The molecule has 0 saturated heterocycles. The molecule has 1 aromatic rings. The molecule has 0 fully saturated rings. The zero-order valence-corrected chi connectivity index (χ0v) is 8.44. The highest BCUT2D eigenvalue weighted by molar-refractivity contribution is 5.69. The average Bonchev–Trinajstić information content (AvgIpc) is 2.28. The highest BCUT2D eigenvalue weighted by Gasteiger charge is 2.02. The molecule has 0 saturated carbocycles. The second-order valence-electron chi connectivity index (χ2n) is 3.14. The Morgan fingerprint density at radius 3 is 2.67 bits per heavy atom. The molecule has 0 heterocycles. The van der Waals surface area contributed by atoms with Crippen molar-refractivity contribution in [3.63, 3.8) is 0 Å². The van der Waals surface area contributed by atoms with E-state index in [1.54, 1.807) is 6.29 Å². The van der Waals surface area contributed by atoms with Crippen molar-refractivity contribution in [3.8, 4) is 0 Å². The first-order valence-corrected chi connectivity index (χ1v) is 4.87. The number of hydrogen-bond donors (Lipinski definition) is 0. The van der Waals surface area contributed by atoms with Crippen LogP contribution in [0.1, 0.15) is 24.8 Å². The van der Waals surface area contributed by atoms with Gasteiger partial charge in [0.05, 0.1) is 0 Å². The topological polar surface area (TPSA) is 43.4 Å². The third-order valence-corrected chi connectivity index (χ3v) is 1.90. The van der Waals surface area contributed by atoms with Crippen LogP contribution in [0.2, 0.25) is 0 Å². The SMILES string of the molecule is O=[C]CCCC(=O)OCc1ccccc1. The van der Waals surface area contributed by atoms with Crippen molar-refractivity contribution in [2.24, 2.45) is 0 Å². The van der Waals surface area contributed by atoms with Crippen LogP contribution in [0.3, 0.4) is 0 Å². The Labute approximate surface area is 89.1 Å². The van der Waals surface area contributed by atoms with Crippen molar-refractivity contribution in [1.82, 2.24) is 0 Å². The van der Waals surface area contributed by atoms with Gasteiger partial charge >= 0.3 is 5.97 Å². The van der Waals surface area contributed by atoms with E-state index in [1.807, 2.05) is 30.3 Å². The zero-order valence-electron chi connectivity index (χ0n) is 8.44. The van der Waals surface area contributed by atoms with E-state index < -0.39 is 0 Å². The maximum Gasteiger partial charge on any atom is 0.306 e. The predicted molar refractivity (Wildman–Crippen MR) is 55.8 cm³/mol. The van der Waals surface area contributed by atoms with Crippen molar-refractivity contribution < 1.29 is 14.3 Å². The first-order valence-electron chi connectivity index (χ1n) is 4.87. The van der Waals surface area contributed by atoms with Gasteiger partial charge in [0.2, 0.25) is 0 Å². The monoisotopic (exact) mass is 205 g/mol. The standard InChI is InChI=1S/C12H13O3/c13-9-5-4-8-12(14)15-10-11-6-2-1-3-7-11/h1-3,6-7H,4-5,8,10H2. The molecule has 1 rings (SSSR count). The molecule has 0 aliphatic carbocycles. The summed E-state index contributed by atoms with van der Waals surface area (Å²) in [6.45, 7) is 0.296. The van der Waals surface area contributed by atoms with Crippen LogP contribution < -0.4 is 0 Å². The van der Waals surface area contributed by atoms with Gasteiger partial charge in [-0.2, -0.15) is 0 Å². The highest BCUT2D eigenvalue weighted by atomic mass is 16.5. The molecule has 3 heteroatoms. The number of benzene rings is 1. The number of rotatable bonds is 6. The summed E-state index contributed by atoms with van der Waals surface area (Å²) < 4.78 is 5.01. The molecule has 0 unspecified atom stereocenters. The van der Waals surface area contributed by atoms with E-state index in [4.69, 9.17) is 4.74 Å². The third-order valence-electron chi connectivity index (χ3n) is 1.90. The van der Waals surface area contributed by atoms with Crippen LogP contribution in [-0.2, 0) is 20.9 Å². The molecule has 15 heavy (non-hydrogen) atoms. The summed E-state index contributed by atoms with van der Waals surface area (Å²) in [6, 6.07) is 9.49. The molecule has 0 aliphatic rings. The molecule has 0 aromatic heterocycles. The summed E-state index contributed by atoms with van der Waals surface area (Å²) in [5.41, 5.74) is 0.966. The Morgan fingerprint density at radius 2 is 2.00 bits per heavy atom. The quantitative estimate of drug-likeness (QED) is 0.527. The van der Waals surface area contributed by atoms with E-state index in [1.165, 1.54) is 0 Å². The van der Waals surface area contributed by atoms with Gasteiger partial charge in [-0.3, -0.25) is 9.59 Å². The minimum Gasteiger partial charge on any atom is -0.461 e. The highest BCUT2D eigenvalue weighted by Crippen LogP contribution is 2.03. The first-order chi connectivity index (χ1) is 7.33. The Bertz CT molecular complexity index is 306. The van der Waals surface area contributed by atoms with Crippen LogP contribution in [0, 0.1) is 0 Å². The fourth-order valence-corrected chi connectivity index (χ4v) is 1.12. The number of unbranched alkanes of at least 4 members (excludes halogenated alkanes) is 1. The lowest BCUT2D eigenvalue weighted by Gasteiger charge is -2.03. The molecule has 3 nitrogen and oxygen atoms in total. The van der Waals surface area contributed by atoms with Crippen LogP contribution in [0.5, 0.6) is 0 Å². The molecule has 0 spiro atoms. The molecule has 0 amide bonds. The van der Waals surface area contributed by atoms with Crippen LogP contribution in [-0.4, -0.2) is 12.3 Å². The van der Waals surface area contributed by atoms with Crippen LogP contribution >= 0.6 is 0 Å². The normalized spacial score (nSPS) is 9.60. The average molecular weight is 205 g/mol. The van der Waals surface area contributed by atoms with E-state index >= 15 is 0 Å². The molecule has 0 aliphatic heterocycles. The van der Waals surface area contributed by atoms with Gasteiger partial charge in [-0.15, -0.1) is 0 Å². The summed E-state index contributed by atoms with van der Waals surface area (Å²) in [5.74, 6) is -0.269. The molecule has 1 radical (unpaired) electrons. The van der Waals surface area contributed by atoms with Gasteiger partial charge in [0.25, 0.3) is 0 Å². The number of hydrogen-bond acceptors (Lipinski definition) is 3. The number of carbonyl (C=O) groups excluding carboxylic acids is 2. The Morgan fingerprint density at radius 1 is 1.27 bits per heavy atom. The van der Waals surface area contributed by atoms with Gasteiger partial charge in [0.15, 0.2) is 6.29 Å². The van der Waals surface area contributed by atoms with Gasteiger partial charge < -0.3 is 4.74 Å². The van der Waals surface area contributed by atoms with Crippen LogP contribution in [0.25, 0.3) is 0 Å². The van der Waals surface area contributed by atoms with Crippen LogP contribution in [0.4, 0.5) is 0 Å². The molecular formula is C12H13O3. The van der Waals surface area contributed by atoms with Crippen molar-refractivity contribution in [2.45, 2.75) is 25.9 Å². The fraction of sp³-hybridized carbons (Fsp3) is 0.333. The van der Waals surface area contributed by atoms with Crippen LogP contribution in [0.15, 0.2) is 30.3 Å². The molecular weight excluding hydrogens is 192 g/mol. The second kappa shape index (κ2) is 6.76. The third kappa shape index (κ3) is 4.96. The molecule has 1 aromatic carbocycles. The lowest BCUT2D eigenvalue weighted by molar-refractivity contribution is -0.145. The van der Waals surface area contributed by atoms with E-state index in [2.05, 4.69) is 0 Å². The molecule has 0 bridgehead atoms. The Balaban J connectivity index is 2.20. The number of ether oxygens (including phenoxy) is 1. The predicted octanol–water partition coefficient (Wildman–Crippen LogP) is 2.01. The minimum atomic E-state index is -0.269. The Kier molecular flexibility index (Phi) is 5.15. The van der Waals surface area contributed by atoms with Crippen molar-refractivity contribution >= 4 is 12.3 Å². The van der Waals surface area contributed by atoms with Crippen molar-refractivity contribution in [1.29, 1.82) is 0 Å². The number of carbonyl (C=O) groups is 1. The van der Waals surface area contributed by atoms with Gasteiger partial charge in [-0.25, -0.2) is 0 Å². The van der Waals surface area contributed by atoms with Gasteiger partial charge in [-0.05, 0) is 12.0 Å². The zero-order chi connectivity index (χ0) is 10.9. The van der Waals surface area contributed by atoms with Crippen molar-refractivity contribution in [2.75, 3.05) is 0 Å². The maximum atomic E-state index is 11.1. The van der Waals surface area contributed by atoms with E-state index in [-0.39, 0.29) is 12.4 Å². The summed E-state index contributed by atoms with van der Waals surface area (Å²) in [7, 11) is 0. The van der Waals surface area contributed by atoms with Gasteiger partial charge in [-0.1, -0.05) is 30.3 Å². The maximum absolute atomic E-state index is 11.1. The second-order valence-corrected chi connectivity index (χ2v) is 3.14. The van der Waals surface area contributed by atoms with E-state index in [9.17, 15) is 9.59 Å². The molecule has 0 N–H and O–H groups in total. The summed E-state index contributed by atoms with van der Waals surface area (Å²) in [4.78, 5) is 21.0.